The zero-order chi connectivity index (χ0) is 22.8. The molecule has 33 heavy (non-hydrogen) atoms. The van der Waals surface area contributed by atoms with Crippen molar-refractivity contribution in [2.75, 3.05) is 19.7 Å². The number of pyridine rings is 1. The number of hydrogen-bond donors (Lipinski definition) is 2. The van der Waals surface area contributed by atoms with Crippen LogP contribution in [0.3, 0.4) is 0 Å². The normalized spacial score (nSPS) is 27.1. The number of dihydropyridines is 1. The Morgan fingerprint density at radius 3 is 3.00 bits per heavy atom. The van der Waals surface area contributed by atoms with Crippen molar-refractivity contribution in [2.45, 2.75) is 37.8 Å². The molecule has 4 heterocycles. The van der Waals surface area contributed by atoms with Gasteiger partial charge in [-0.2, -0.15) is 0 Å². The Labute approximate surface area is 193 Å². The number of hydrogen-bond acceptors (Lipinski definition) is 7. The second-order valence-electron chi connectivity index (χ2n) is 8.83. The van der Waals surface area contributed by atoms with Crippen LogP contribution in [0.1, 0.15) is 26.2 Å². The summed E-state index contributed by atoms with van der Waals surface area (Å²) in [6.07, 6.45) is 11.7. The van der Waals surface area contributed by atoms with E-state index in [2.05, 4.69) is 27.2 Å². The van der Waals surface area contributed by atoms with Crippen molar-refractivity contribution < 1.29 is 14.3 Å². The van der Waals surface area contributed by atoms with Crippen LogP contribution in [0.2, 0.25) is 0 Å². The van der Waals surface area contributed by atoms with Crippen LogP contribution in [-0.2, 0) is 9.53 Å². The van der Waals surface area contributed by atoms with E-state index < -0.39 is 5.54 Å². The van der Waals surface area contributed by atoms with E-state index in [1.165, 1.54) is 18.9 Å². The molecule has 4 aliphatic rings. The molecular weight excluding hydrogens is 420 g/mol. The van der Waals surface area contributed by atoms with Gasteiger partial charge < -0.3 is 25.0 Å². The maximum absolute atomic E-state index is 11.9. The molecule has 0 radical (unpaired) electrons. The highest BCUT2D eigenvalue weighted by Gasteiger charge is 2.40. The first-order valence-corrected chi connectivity index (χ1v) is 11.3. The molecule has 0 spiro atoms. The molecule has 1 saturated carbocycles. The number of carbonyl (C=O) groups is 1. The van der Waals surface area contributed by atoms with Gasteiger partial charge in [0.15, 0.2) is 11.7 Å². The Morgan fingerprint density at radius 1 is 1.36 bits per heavy atom. The standard InChI is InChI=1S/C24H28N6O3/c1-3-22(31)30-11-10-18(13-30)33-21-9-7-19-24(2,29-21)23(27-15-26-19)28-17-6-8-20(25-12-17)32-14-16-4-5-16/h3,6-9,12,15-16,18,29H,1,4-5,10-11,13-14H2,2H3,(H,26,27,28)/t18-,24?/m0/s1. The van der Waals surface area contributed by atoms with Crippen molar-refractivity contribution in [1.82, 2.24) is 20.5 Å². The van der Waals surface area contributed by atoms with E-state index in [1.54, 1.807) is 17.4 Å². The van der Waals surface area contributed by atoms with Gasteiger partial charge >= 0.3 is 0 Å². The molecule has 9 nitrogen and oxygen atoms in total. The maximum Gasteiger partial charge on any atom is 0.246 e. The number of amidine groups is 1. The van der Waals surface area contributed by atoms with E-state index in [1.807, 2.05) is 31.2 Å². The number of ether oxygens (including phenoxy) is 2. The van der Waals surface area contributed by atoms with E-state index in [0.29, 0.717) is 42.3 Å². The number of nitrogens with zero attached hydrogens (tertiary/aromatic N) is 4. The molecule has 172 valence electrons. The number of carbonyl (C=O) groups excluding carboxylic acids is 1. The fourth-order valence-electron chi connectivity index (χ4n) is 4.02. The van der Waals surface area contributed by atoms with Gasteiger partial charge in [0.25, 0.3) is 0 Å². The zero-order valence-electron chi connectivity index (χ0n) is 18.7. The number of allylic oxidation sites excluding steroid dienone is 2. The lowest BCUT2D eigenvalue weighted by Crippen LogP contribution is -2.57. The average molecular weight is 449 g/mol. The van der Waals surface area contributed by atoms with Gasteiger partial charge in [-0.3, -0.25) is 4.79 Å². The third kappa shape index (κ3) is 4.62. The molecule has 1 unspecified atom stereocenters. The van der Waals surface area contributed by atoms with Crippen molar-refractivity contribution in [2.24, 2.45) is 15.9 Å². The Bertz CT molecular complexity index is 1060. The second-order valence-corrected chi connectivity index (χ2v) is 8.83. The Hall–Kier alpha value is -3.62. The molecule has 3 aliphatic heterocycles. The maximum atomic E-state index is 11.9. The van der Waals surface area contributed by atoms with E-state index in [4.69, 9.17) is 14.5 Å². The highest BCUT2D eigenvalue weighted by molar-refractivity contribution is 6.03. The Balaban J connectivity index is 1.28. The summed E-state index contributed by atoms with van der Waals surface area (Å²) >= 11 is 0. The van der Waals surface area contributed by atoms with Crippen molar-refractivity contribution >= 4 is 23.8 Å². The average Bonchev–Trinajstić information content (AvgIpc) is 3.54. The molecule has 2 fully saturated rings. The predicted molar refractivity (Wildman–Crippen MR) is 125 cm³/mol. The highest BCUT2D eigenvalue weighted by Crippen LogP contribution is 2.30. The van der Waals surface area contributed by atoms with Crippen LogP contribution in [0.4, 0.5) is 5.69 Å². The summed E-state index contributed by atoms with van der Waals surface area (Å²) in [6.45, 7) is 7.48. The summed E-state index contributed by atoms with van der Waals surface area (Å²) < 4.78 is 11.9. The fraction of sp³-hybridized carbons (Fsp3) is 0.417. The van der Waals surface area contributed by atoms with Crippen LogP contribution in [-0.4, -0.2) is 59.3 Å². The molecular formula is C24H28N6O3. The van der Waals surface area contributed by atoms with Gasteiger partial charge in [0, 0.05) is 24.7 Å². The number of likely N-dealkylation sites (tertiary alicyclic amines) is 1. The van der Waals surface area contributed by atoms with Crippen molar-refractivity contribution in [3.05, 3.63) is 54.7 Å². The number of fused-ring (bicyclic) bond motifs is 1. The molecule has 5 rings (SSSR count). The van der Waals surface area contributed by atoms with Gasteiger partial charge in [0.2, 0.25) is 11.8 Å². The second kappa shape index (κ2) is 8.73. The first-order valence-electron chi connectivity index (χ1n) is 11.3. The quantitative estimate of drug-likeness (QED) is 0.622. The number of aliphatic imine (C=N–C) groups is 2. The third-order valence-corrected chi connectivity index (χ3v) is 6.21. The zero-order valence-corrected chi connectivity index (χ0v) is 18.7. The fourth-order valence-corrected chi connectivity index (χ4v) is 4.02. The molecule has 1 aliphatic carbocycles. The Morgan fingerprint density at radius 2 is 2.24 bits per heavy atom. The molecule has 1 saturated heterocycles. The van der Waals surface area contributed by atoms with Crippen LogP contribution in [0.15, 0.2) is 64.7 Å². The molecule has 0 aromatic carbocycles. The van der Waals surface area contributed by atoms with E-state index in [9.17, 15) is 4.79 Å². The number of rotatable bonds is 7. The smallest absolute Gasteiger partial charge is 0.246 e. The van der Waals surface area contributed by atoms with E-state index >= 15 is 0 Å². The summed E-state index contributed by atoms with van der Waals surface area (Å²) in [6, 6.07) is 3.72. The van der Waals surface area contributed by atoms with Gasteiger partial charge in [-0.25, -0.2) is 15.0 Å². The lowest BCUT2D eigenvalue weighted by atomic mass is 9.92. The third-order valence-electron chi connectivity index (χ3n) is 6.21. The summed E-state index contributed by atoms with van der Waals surface area (Å²) in [7, 11) is 0. The minimum atomic E-state index is -0.699. The molecule has 9 heteroatoms. The summed E-state index contributed by atoms with van der Waals surface area (Å²) in [5, 5.41) is 6.62. The number of amides is 1. The van der Waals surface area contributed by atoms with Gasteiger partial charge in [-0.1, -0.05) is 6.58 Å². The lowest BCUT2D eigenvalue weighted by Gasteiger charge is -2.38. The topological polar surface area (TPSA) is 100 Å². The summed E-state index contributed by atoms with van der Waals surface area (Å²) in [5.74, 6) is 2.43. The minimum Gasteiger partial charge on any atom is -0.477 e. The van der Waals surface area contributed by atoms with Gasteiger partial charge in [-0.15, -0.1) is 0 Å². The molecule has 2 N–H and O–H groups in total. The first-order chi connectivity index (χ1) is 16.0. The molecule has 2 atom stereocenters. The molecule has 1 aromatic heterocycles. The van der Waals surface area contributed by atoms with Gasteiger partial charge in [0.05, 0.1) is 31.4 Å². The minimum absolute atomic E-state index is 0.0707. The Kier molecular flexibility index (Phi) is 5.62. The number of aromatic nitrogens is 1. The molecule has 0 bridgehead atoms. The van der Waals surface area contributed by atoms with Gasteiger partial charge in [0.1, 0.15) is 11.6 Å². The van der Waals surface area contributed by atoms with Crippen LogP contribution in [0.25, 0.3) is 0 Å². The van der Waals surface area contributed by atoms with E-state index in [-0.39, 0.29) is 12.0 Å². The van der Waals surface area contributed by atoms with Crippen molar-refractivity contribution in [3.8, 4) is 5.88 Å². The van der Waals surface area contributed by atoms with Crippen molar-refractivity contribution in [3.63, 3.8) is 0 Å². The lowest BCUT2D eigenvalue weighted by molar-refractivity contribution is -0.125. The molecule has 1 amide bonds. The predicted octanol–water partition coefficient (Wildman–Crippen LogP) is 2.42. The van der Waals surface area contributed by atoms with Crippen LogP contribution >= 0.6 is 0 Å². The first kappa shape index (κ1) is 21.2. The van der Waals surface area contributed by atoms with Gasteiger partial charge in [-0.05, 0) is 50.0 Å². The SMILES string of the molecule is C=CC(=O)N1CC[C@H](OC2=CC=C3NC=NC(=Nc4ccc(OCC5CC5)nc4)C3(C)N2)C1. The van der Waals surface area contributed by atoms with Crippen LogP contribution in [0, 0.1) is 5.92 Å². The highest BCUT2D eigenvalue weighted by atomic mass is 16.5. The summed E-state index contributed by atoms with van der Waals surface area (Å²) in [5.41, 5.74) is 0.905. The van der Waals surface area contributed by atoms with E-state index in [0.717, 1.165) is 18.7 Å². The molecule has 1 aromatic rings. The summed E-state index contributed by atoms with van der Waals surface area (Å²) in [4.78, 5) is 27.2. The monoisotopic (exact) mass is 448 g/mol. The van der Waals surface area contributed by atoms with Crippen LogP contribution in [0.5, 0.6) is 5.88 Å². The van der Waals surface area contributed by atoms with Crippen molar-refractivity contribution in [1.29, 1.82) is 0 Å². The number of nitrogens with one attached hydrogen (secondary N) is 2. The largest absolute Gasteiger partial charge is 0.477 e. The van der Waals surface area contributed by atoms with Crippen LogP contribution < -0.4 is 15.4 Å².